The molecule has 30 heavy (non-hydrogen) atoms. The van der Waals surface area contributed by atoms with E-state index in [1.807, 2.05) is 0 Å². The highest BCUT2D eigenvalue weighted by Gasteiger charge is 2.26. The number of nitrogens with one attached hydrogen (secondary N) is 1. The third-order valence-corrected chi connectivity index (χ3v) is 6.42. The zero-order valence-corrected chi connectivity index (χ0v) is 17.0. The number of sulfonamides is 1. The first-order chi connectivity index (χ1) is 14.3. The summed E-state index contributed by atoms with van der Waals surface area (Å²) in [5.41, 5.74) is 3.52. The molecule has 158 valence electrons. The van der Waals surface area contributed by atoms with Gasteiger partial charge in [-0.2, -0.15) is 9.41 Å². The summed E-state index contributed by atoms with van der Waals surface area (Å²) in [6, 6.07) is 11.5. The van der Waals surface area contributed by atoms with Gasteiger partial charge in [-0.1, -0.05) is 6.07 Å². The number of ether oxygens (including phenoxy) is 1. The number of nitro groups is 1. The van der Waals surface area contributed by atoms with E-state index in [4.69, 9.17) is 4.74 Å². The van der Waals surface area contributed by atoms with E-state index in [0.717, 1.165) is 0 Å². The number of hydrogen-bond donors (Lipinski definition) is 1. The summed E-state index contributed by atoms with van der Waals surface area (Å²) >= 11 is 0. The molecule has 0 atom stereocenters. The molecule has 1 aliphatic heterocycles. The van der Waals surface area contributed by atoms with Crippen LogP contribution in [0.1, 0.15) is 22.8 Å². The minimum Gasteiger partial charge on any atom is -0.379 e. The van der Waals surface area contributed by atoms with Crippen molar-refractivity contribution >= 4 is 27.3 Å². The predicted octanol–water partition coefficient (Wildman–Crippen LogP) is 1.77. The van der Waals surface area contributed by atoms with Crippen LogP contribution in [0.15, 0.2) is 58.5 Å². The fourth-order valence-electron chi connectivity index (χ4n) is 2.82. The molecule has 2 aromatic carbocycles. The highest BCUT2D eigenvalue weighted by atomic mass is 32.2. The van der Waals surface area contributed by atoms with Crippen molar-refractivity contribution in [2.24, 2.45) is 5.10 Å². The molecule has 1 amide bonds. The lowest BCUT2D eigenvalue weighted by atomic mass is 10.1. The number of nitro benzene ring substituents is 1. The molecule has 11 heteroatoms. The second kappa shape index (κ2) is 9.11. The summed E-state index contributed by atoms with van der Waals surface area (Å²) in [7, 11) is -3.72. The number of benzene rings is 2. The summed E-state index contributed by atoms with van der Waals surface area (Å²) in [4.78, 5) is 22.7. The lowest BCUT2D eigenvalue weighted by Crippen LogP contribution is -2.40. The van der Waals surface area contributed by atoms with Gasteiger partial charge in [-0.05, 0) is 42.8 Å². The maximum absolute atomic E-state index is 12.8. The maximum atomic E-state index is 12.8. The van der Waals surface area contributed by atoms with Crippen LogP contribution in [-0.4, -0.2) is 55.6 Å². The van der Waals surface area contributed by atoms with Gasteiger partial charge in [0, 0.05) is 30.8 Å². The lowest BCUT2D eigenvalue weighted by molar-refractivity contribution is -0.384. The Morgan fingerprint density at radius 2 is 1.80 bits per heavy atom. The van der Waals surface area contributed by atoms with E-state index in [0.29, 0.717) is 24.5 Å². The third-order valence-electron chi connectivity index (χ3n) is 4.53. The van der Waals surface area contributed by atoms with Gasteiger partial charge in [0.1, 0.15) is 0 Å². The van der Waals surface area contributed by atoms with Gasteiger partial charge in [0.25, 0.3) is 11.6 Å². The summed E-state index contributed by atoms with van der Waals surface area (Å²) in [5.74, 6) is -0.574. The predicted molar refractivity (Wildman–Crippen MR) is 109 cm³/mol. The summed E-state index contributed by atoms with van der Waals surface area (Å²) in [5, 5.41) is 14.7. The van der Waals surface area contributed by atoms with E-state index in [9.17, 15) is 23.3 Å². The van der Waals surface area contributed by atoms with E-state index >= 15 is 0 Å². The van der Waals surface area contributed by atoms with Crippen LogP contribution in [0.3, 0.4) is 0 Å². The molecule has 0 aromatic heterocycles. The number of morpholine rings is 1. The minimum absolute atomic E-state index is 0.0214. The molecular formula is C19H20N4O6S. The van der Waals surface area contributed by atoms with Gasteiger partial charge in [-0.15, -0.1) is 0 Å². The van der Waals surface area contributed by atoms with Gasteiger partial charge in [0.05, 0.1) is 28.7 Å². The Balaban J connectivity index is 1.73. The Morgan fingerprint density at radius 1 is 1.13 bits per heavy atom. The zero-order valence-electron chi connectivity index (χ0n) is 16.1. The Hall–Kier alpha value is -3.15. The molecule has 3 rings (SSSR count). The second-order valence-electron chi connectivity index (χ2n) is 6.49. The first kappa shape index (κ1) is 21.6. The van der Waals surface area contributed by atoms with Crippen LogP contribution in [-0.2, 0) is 14.8 Å². The Labute approximate surface area is 173 Å². The molecule has 0 spiro atoms. The topological polar surface area (TPSA) is 131 Å². The van der Waals surface area contributed by atoms with Crippen molar-refractivity contribution in [3.8, 4) is 0 Å². The molecule has 1 saturated heterocycles. The molecule has 1 N–H and O–H groups in total. The van der Waals surface area contributed by atoms with Crippen molar-refractivity contribution in [2.45, 2.75) is 11.8 Å². The van der Waals surface area contributed by atoms with Crippen LogP contribution in [0.4, 0.5) is 5.69 Å². The van der Waals surface area contributed by atoms with Gasteiger partial charge in [-0.25, -0.2) is 13.8 Å². The van der Waals surface area contributed by atoms with E-state index in [1.54, 1.807) is 6.92 Å². The number of carbonyl (C=O) groups excluding carboxylic acids is 1. The van der Waals surface area contributed by atoms with Gasteiger partial charge in [0.2, 0.25) is 10.0 Å². The number of amides is 1. The van der Waals surface area contributed by atoms with Crippen molar-refractivity contribution in [1.82, 2.24) is 9.73 Å². The molecule has 0 bridgehead atoms. The summed E-state index contributed by atoms with van der Waals surface area (Å²) in [6.07, 6.45) is 0. The molecule has 0 radical (unpaired) electrons. The molecule has 10 nitrogen and oxygen atoms in total. The Bertz CT molecular complexity index is 1080. The number of non-ortho nitro benzene ring substituents is 1. The smallest absolute Gasteiger partial charge is 0.271 e. The largest absolute Gasteiger partial charge is 0.379 e. The van der Waals surface area contributed by atoms with Crippen molar-refractivity contribution in [1.29, 1.82) is 0 Å². The van der Waals surface area contributed by atoms with Crippen molar-refractivity contribution in [3.05, 3.63) is 69.8 Å². The fourth-order valence-corrected chi connectivity index (χ4v) is 4.28. The summed E-state index contributed by atoms with van der Waals surface area (Å²) < 4.78 is 32.0. The molecule has 1 fully saturated rings. The molecule has 0 aliphatic carbocycles. The van der Waals surface area contributed by atoms with Crippen molar-refractivity contribution in [2.75, 3.05) is 26.3 Å². The molecule has 0 saturated carbocycles. The van der Waals surface area contributed by atoms with E-state index in [1.165, 1.54) is 52.8 Å². The molecule has 1 heterocycles. The van der Waals surface area contributed by atoms with Gasteiger partial charge in [0.15, 0.2) is 0 Å². The van der Waals surface area contributed by atoms with E-state index in [-0.39, 0.29) is 29.2 Å². The number of rotatable bonds is 6. The third kappa shape index (κ3) is 4.87. The van der Waals surface area contributed by atoms with Crippen molar-refractivity contribution < 1.29 is 22.9 Å². The van der Waals surface area contributed by atoms with Crippen LogP contribution < -0.4 is 5.43 Å². The molecule has 1 aliphatic rings. The highest BCUT2D eigenvalue weighted by molar-refractivity contribution is 7.89. The van der Waals surface area contributed by atoms with Crippen molar-refractivity contribution in [3.63, 3.8) is 0 Å². The fraction of sp³-hybridized carbons (Fsp3) is 0.263. The molecular weight excluding hydrogens is 412 g/mol. The quantitative estimate of drug-likeness (QED) is 0.420. The maximum Gasteiger partial charge on any atom is 0.271 e. The van der Waals surface area contributed by atoms with Crippen LogP contribution in [0.2, 0.25) is 0 Å². The number of nitrogens with zero attached hydrogens (tertiary/aromatic N) is 3. The number of hydrogen-bond acceptors (Lipinski definition) is 7. The van der Waals surface area contributed by atoms with E-state index in [2.05, 4.69) is 10.5 Å². The SMILES string of the molecule is C/C(=N\NC(=O)c1cccc(S(=O)(=O)N2CCOCC2)c1)c1ccc([N+](=O)[O-])cc1. The van der Waals surface area contributed by atoms with Crippen LogP contribution in [0.5, 0.6) is 0 Å². The molecule has 0 unspecified atom stereocenters. The first-order valence-electron chi connectivity index (χ1n) is 9.06. The average Bonchev–Trinajstić information content (AvgIpc) is 2.78. The van der Waals surface area contributed by atoms with Crippen LogP contribution in [0, 0.1) is 10.1 Å². The number of hydrazone groups is 1. The first-order valence-corrected chi connectivity index (χ1v) is 10.5. The minimum atomic E-state index is -3.72. The summed E-state index contributed by atoms with van der Waals surface area (Å²) in [6.45, 7) is 2.82. The van der Waals surface area contributed by atoms with Gasteiger partial charge < -0.3 is 4.74 Å². The molecule has 2 aromatic rings. The van der Waals surface area contributed by atoms with Crippen LogP contribution in [0.25, 0.3) is 0 Å². The highest BCUT2D eigenvalue weighted by Crippen LogP contribution is 2.18. The lowest BCUT2D eigenvalue weighted by Gasteiger charge is -2.26. The Morgan fingerprint density at radius 3 is 2.43 bits per heavy atom. The average molecular weight is 432 g/mol. The Kier molecular flexibility index (Phi) is 6.55. The standard InChI is InChI=1S/C19H20N4O6S/c1-14(15-5-7-17(8-6-15)23(25)26)20-21-19(24)16-3-2-4-18(13-16)30(27,28)22-9-11-29-12-10-22/h2-8,13H,9-12H2,1H3,(H,21,24)/b20-14+. The monoisotopic (exact) mass is 432 g/mol. The second-order valence-corrected chi connectivity index (χ2v) is 8.42. The van der Waals surface area contributed by atoms with Crippen LogP contribution >= 0.6 is 0 Å². The zero-order chi connectivity index (χ0) is 21.7. The van der Waals surface area contributed by atoms with Gasteiger partial charge >= 0.3 is 0 Å². The number of carbonyl (C=O) groups is 1. The van der Waals surface area contributed by atoms with E-state index < -0.39 is 20.9 Å². The normalized spacial score (nSPS) is 15.6. The van der Waals surface area contributed by atoms with Gasteiger partial charge in [-0.3, -0.25) is 14.9 Å².